The Morgan fingerprint density at radius 3 is 2.56 bits per heavy atom. The van der Waals surface area contributed by atoms with E-state index in [2.05, 4.69) is 0 Å². The molecule has 0 aromatic heterocycles. The van der Waals surface area contributed by atoms with Crippen LogP contribution in [0.5, 0.6) is 0 Å². The Hall–Kier alpha value is -1.38. The van der Waals surface area contributed by atoms with Crippen molar-refractivity contribution in [1.82, 2.24) is 0 Å². The molecule has 0 saturated heterocycles. The summed E-state index contributed by atoms with van der Waals surface area (Å²) in [4.78, 5) is 0. The standard InChI is InChI=1S/C13H11ClFN/c14-11-3-1-2-10(7-11)12-5-4-9(8-16)6-13(12)15/h1-7H,8,16H2. The van der Waals surface area contributed by atoms with Gasteiger partial charge in [0.2, 0.25) is 0 Å². The van der Waals surface area contributed by atoms with Gasteiger partial charge in [0, 0.05) is 17.1 Å². The molecule has 1 nitrogen and oxygen atoms in total. The molecule has 0 aliphatic rings. The maximum atomic E-state index is 13.8. The van der Waals surface area contributed by atoms with Crippen molar-refractivity contribution in [3.8, 4) is 11.1 Å². The Balaban J connectivity index is 2.48. The molecule has 0 aliphatic carbocycles. The Labute approximate surface area is 98.7 Å². The second kappa shape index (κ2) is 4.64. The van der Waals surface area contributed by atoms with Gasteiger partial charge in [0.15, 0.2) is 0 Å². The van der Waals surface area contributed by atoms with Gasteiger partial charge >= 0.3 is 0 Å². The molecule has 0 aliphatic heterocycles. The van der Waals surface area contributed by atoms with Crippen molar-refractivity contribution in [2.24, 2.45) is 5.73 Å². The molecule has 3 heteroatoms. The number of hydrogen-bond donors (Lipinski definition) is 1. The van der Waals surface area contributed by atoms with Crippen molar-refractivity contribution in [3.05, 3.63) is 58.9 Å². The van der Waals surface area contributed by atoms with Crippen molar-refractivity contribution in [2.45, 2.75) is 6.54 Å². The molecule has 2 rings (SSSR count). The quantitative estimate of drug-likeness (QED) is 0.846. The van der Waals surface area contributed by atoms with Crippen LogP contribution < -0.4 is 5.73 Å². The average molecular weight is 236 g/mol. The van der Waals surface area contributed by atoms with Crippen molar-refractivity contribution in [1.29, 1.82) is 0 Å². The van der Waals surface area contributed by atoms with Gasteiger partial charge in [-0.25, -0.2) is 4.39 Å². The van der Waals surface area contributed by atoms with Gasteiger partial charge in [-0.2, -0.15) is 0 Å². The highest BCUT2D eigenvalue weighted by atomic mass is 35.5. The van der Waals surface area contributed by atoms with Gasteiger partial charge in [-0.15, -0.1) is 0 Å². The lowest BCUT2D eigenvalue weighted by Gasteiger charge is -2.05. The molecule has 0 bridgehead atoms. The summed E-state index contributed by atoms with van der Waals surface area (Å²) in [5.41, 5.74) is 7.54. The van der Waals surface area contributed by atoms with E-state index >= 15 is 0 Å². The van der Waals surface area contributed by atoms with Crippen LogP contribution in [0.25, 0.3) is 11.1 Å². The van der Waals surface area contributed by atoms with E-state index in [1.807, 2.05) is 12.1 Å². The third-order valence-corrected chi connectivity index (χ3v) is 2.64. The summed E-state index contributed by atoms with van der Waals surface area (Å²) in [6.07, 6.45) is 0. The zero-order valence-electron chi connectivity index (χ0n) is 8.58. The lowest BCUT2D eigenvalue weighted by molar-refractivity contribution is 0.629. The zero-order valence-corrected chi connectivity index (χ0v) is 9.34. The first kappa shape index (κ1) is 11.1. The van der Waals surface area contributed by atoms with Gasteiger partial charge in [0.1, 0.15) is 5.82 Å². The van der Waals surface area contributed by atoms with Crippen LogP contribution in [0.3, 0.4) is 0 Å². The fourth-order valence-corrected chi connectivity index (χ4v) is 1.77. The maximum absolute atomic E-state index is 13.8. The summed E-state index contributed by atoms with van der Waals surface area (Å²) in [6.45, 7) is 0.340. The van der Waals surface area contributed by atoms with Crippen LogP contribution in [0.4, 0.5) is 4.39 Å². The highest BCUT2D eigenvalue weighted by Crippen LogP contribution is 2.25. The minimum Gasteiger partial charge on any atom is -0.326 e. The van der Waals surface area contributed by atoms with E-state index in [4.69, 9.17) is 17.3 Å². The molecule has 0 heterocycles. The Morgan fingerprint density at radius 2 is 1.94 bits per heavy atom. The maximum Gasteiger partial charge on any atom is 0.131 e. The number of halogens is 2. The molecule has 2 aromatic rings. The number of rotatable bonds is 2. The van der Waals surface area contributed by atoms with Crippen molar-refractivity contribution in [2.75, 3.05) is 0 Å². The van der Waals surface area contributed by atoms with Gasteiger partial charge in [-0.3, -0.25) is 0 Å². The van der Waals surface area contributed by atoms with E-state index in [1.54, 1.807) is 24.3 Å². The van der Waals surface area contributed by atoms with Gasteiger partial charge in [0.05, 0.1) is 0 Å². The van der Waals surface area contributed by atoms with Crippen molar-refractivity contribution < 1.29 is 4.39 Å². The molecule has 0 fully saturated rings. The second-order valence-corrected chi connectivity index (χ2v) is 3.97. The lowest BCUT2D eigenvalue weighted by Crippen LogP contribution is -1.97. The summed E-state index contributed by atoms with van der Waals surface area (Å²) in [7, 11) is 0. The molecule has 0 unspecified atom stereocenters. The monoisotopic (exact) mass is 235 g/mol. The first-order valence-corrected chi connectivity index (χ1v) is 5.33. The van der Waals surface area contributed by atoms with E-state index in [-0.39, 0.29) is 5.82 Å². The summed E-state index contributed by atoms with van der Waals surface area (Å²) in [6, 6.07) is 12.1. The van der Waals surface area contributed by atoms with Crippen LogP contribution in [-0.4, -0.2) is 0 Å². The zero-order chi connectivity index (χ0) is 11.5. The van der Waals surface area contributed by atoms with E-state index in [1.165, 1.54) is 6.07 Å². The van der Waals surface area contributed by atoms with Gasteiger partial charge in [-0.1, -0.05) is 35.9 Å². The smallest absolute Gasteiger partial charge is 0.131 e. The molecule has 16 heavy (non-hydrogen) atoms. The van der Waals surface area contributed by atoms with Crippen LogP contribution in [0.15, 0.2) is 42.5 Å². The van der Waals surface area contributed by atoms with Crippen molar-refractivity contribution in [3.63, 3.8) is 0 Å². The summed E-state index contributed by atoms with van der Waals surface area (Å²) in [5.74, 6) is -0.273. The first-order valence-electron chi connectivity index (χ1n) is 4.95. The van der Waals surface area contributed by atoms with Gasteiger partial charge in [0.25, 0.3) is 0 Å². The largest absolute Gasteiger partial charge is 0.326 e. The molecule has 0 atom stereocenters. The highest BCUT2D eigenvalue weighted by Gasteiger charge is 2.05. The minimum atomic E-state index is -0.273. The van der Waals surface area contributed by atoms with Crippen molar-refractivity contribution >= 4 is 11.6 Å². The number of hydrogen-bond acceptors (Lipinski definition) is 1. The second-order valence-electron chi connectivity index (χ2n) is 3.53. The van der Waals surface area contributed by atoms with E-state index in [9.17, 15) is 4.39 Å². The molecule has 82 valence electrons. The van der Waals surface area contributed by atoms with Gasteiger partial charge in [-0.05, 0) is 29.3 Å². The fraction of sp³-hybridized carbons (Fsp3) is 0.0769. The molecule has 2 N–H and O–H groups in total. The van der Waals surface area contributed by atoms with Gasteiger partial charge < -0.3 is 5.73 Å². The van der Waals surface area contributed by atoms with E-state index in [0.29, 0.717) is 17.1 Å². The highest BCUT2D eigenvalue weighted by molar-refractivity contribution is 6.30. The van der Waals surface area contributed by atoms with Crippen LogP contribution in [0, 0.1) is 5.82 Å². The van der Waals surface area contributed by atoms with E-state index in [0.717, 1.165) is 11.1 Å². The molecule has 2 aromatic carbocycles. The van der Waals surface area contributed by atoms with E-state index < -0.39 is 0 Å². The van der Waals surface area contributed by atoms with Crippen LogP contribution >= 0.6 is 11.6 Å². The first-order chi connectivity index (χ1) is 7.70. The third-order valence-electron chi connectivity index (χ3n) is 2.40. The molecule has 0 spiro atoms. The molecule has 0 saturated carbocycles. The SMILES string of the molecule is NCc1ccc(-c2cccc(Cl)c2)c(F)c1. The molecule has 0 radical (unpaired) electrons. The molecular formula is C13H11ClFN. The molecular weight excluding hydrogens is 225 g/mol. The normalized spacial score (nSPS) is 10.4. The average Bonchev–Trinajstić information content (AvgIpc) is 2.28. The summed E-state index contributed by atoms with van der Waals surface area (Å²) < 4.78 is 13.8. The summed E-state index contributed by atoms with van der Waals surface area (Å²) in [5, 5.41) is 0.597. The van der Waals surface area contributed by atoms with Crippen LogP contribution in [0.2, 0.25) is 5.02 Å². The Morgan fingerprint density at radius 1 is 1.12 bits per heavy atom. The predicted molar refractivity (Wildman–Crippen MR) is 64.7 cm³/mol. The minimum absolute atomic E-state index is 0.273. The fourth-order valence-electron chi connectivity index (χ4n) is 1.58. The number of benzene rings is 2. The van der Waals surface area contributed by atoms with Crippen LogP contribution in [-0.2, 0) is 6.54 Å². The molecule has 0 amide bonds. The topological polar surface area (TPSA) is 26.0 Å². The van der Waals surface area contributed by atoms with Crippen LogP contribution in [0.1, 0.15) is 5.56 Å². The predicted octanol–water partition coefficient (Wildman–Crippen LogP) is 3.60. The third kappa shape index (κ3) is 2.23. The Kier molecular flexibility index (Phi) is 3.22. The number of nitrogens with two attached hydrogens (primary N) is 1. The summed E-state index contributed by atoms with van der Waals surface area (Å²) >= 11 is 5.86. The lowest BCUT2D eigenvalue weighted by atomic mass is 10.0. The Bertz CT molecular complexity index is 511.